The summed E-state index contributed by atoms with van der Waals surface area (Å²) in [4.78, 5) is 13.3. The molecule has 0 saturated carbocycles. The van der Waals surface area contributed by atoms with Gasteiger partial charge in [-0.05, 0) is 30.8 Å². The van der Waals surface area contributed by atoms with Crippen LogP contribution in [0.15, 0.2) is 34.3 Å². The summed E-state index contributed by atoms with van der Waals surface area (Å²) in [6.07, 6.45) is 0. The molecular formula is C11H13N5OS. The number of hydrogen-bond donors (Lipinski definition) is 2. The van der Waals surface area contributed by atoms with Crippen LogP contribution >= 0.6 is 11.8 Å². The number of nitrogens with one attached hydrogen (secondary N) is 1. The second-order valence-corrected chi connectivity index (χ2v) is 4.53. The van der Waals surface area contributed by atoms with Crippen molar-refractivity contribution in [1.29, 1.82) is 0 Å². The van der Waals surface area contributed by atoms with Gasteiger partial charge in [0.2, 0.25) is 11.1 Å². The summed E-state index contributed by atoms with van der Waals surface area (Å²) in [6.45, 7) is 2.04. The van der Waals surface area contributed by atoms with Gasteiger partial charge in [0.1, 0.15) is 0 Å². The van der Waals surface area contributed by atoms with E-state index in [1.165, 1.54) is 24.4 Å². The highest BCUT2D eigenvalue weighted by atomic mass is 32.2. The highest BCUT2D eigenvalue weighted by Gasteiger charge is 2.07. The van der Waals surface area contributed by atoms with Crippen molar-refractivity contribution >= 4 is 17.7 Å². The molecule has 0 bridgehead atoms. The van der Waals surface area contributed by atoms with Crippen molar-refractivity contribution in [2.24, 2.45) is 5.84 Å². The number of hydrogen-bond acceptors (Lipinski definition) is 7. The molecule has 0 aliphatic heterocycles. The van der Waals surface area contributed by atoms with Crippen LogP contribution in [0, 0.1) is 6.92 Å². The number of nitrogen functional groups attached to an aromatic ring is 1. The fraction of sp³-hybridized carbons (Fsp3) is 0.182. The Hall–Kier alpha value is -1.86. The SMILES string of the molecule is COc1nc(NN)nc(Sc2ccc(C)cc2)n1. The lowest BCUT2D eigenvalue weighted by atomic mass is 10.2. The van der Waals surface area contributed by atoms with Crippen molar-refractivity contribution in [3.8, 4) is 6.01 Å². The normalized spacial score (nSPS) is 10.2. The third-order valence-corrected chi connectivity index (χ3v) is 3.01. The minimum Gasteiger partial charge on any atom is -0.467 e. The molecule has 7 heteroatoms. The molecule has 0 spiro atoms. The van der Waals surface area contributed by atoms with E-state index in [0.717, 1.165) is 4.90 Å². The Balaban J connectivity index is 2.25. The highest BCUT2D eigenvalue weighted by Crippen LogP contribution is 2.26. The Morgan fingerprint density at radius 2 is 1.89 bits per heavy atom. The second kappa shape index (κ2) is 5.65. The molecule has 1 heterocycles. The number of aryl methyl sites for hydroxylation is 1. The molecule has 2 aromatic rings. The first-order valence-electron chi connectivity index (χ1n) is 5.22. The number of rotatable bonds is 4. The Morgan fingerprint density at radius 1 is 1.17 bits per heavy atom. The van der Waals surface area contributed by atoms with E-state index in [2.05, 4.69) is 20.4 Å². The van der Waals surface area contributed by atoms with Crippen molar-refractivity contribution in [1.82, 2.24) is 15.0 Å². The number of methoxy groups -OCH3 is 1. The van der Waals surface area contributed by atoms with Crippen molar-refractivity contribution < 1.29 is 4.74 Å². The molecule has 18 heavy (non-hydrogen) atoms. The molecule has 1 aromatic heterocycles. The van der Waals surface area contributed by atoms with Crippen molar-refractivity contribution in [3.63, 3.8) is 0 Å². The number of hydrazine groups is 1. The van der Waals surface area contributed by atoms with Gasteiger partial charge in [-0.25, -0.2) is 5.84 Å². The Bertz CT molecular complexity index is 509. The summed E-state index contributed by atoms with van der Waals surface area (Å²) in [5, 5.41) is 0.527. The average Bonchev–Trinajstić information content (AvgIpc) is 2.41. The van der Waals surface area contributed by atoms with Crippen LogP contribution in [0.2, 0.25) is 0 Å². The molecule has 1 aromatic carbocycles. The van der Waals surface area contributed by atoms with Gasteiger partial charge in [0.15, 0.2) is 0 Å². The highest BCUT2D eigenvalue weighted by molar-refractivity contribution is 7.99. The van der Waals surface area contributed by atoms with Crippen molar-refractivity contribution in [2.75, 3.05) is 12.5 Å². The molecule has 6 nitrogen and oxygen atoms in total. The molecule has 0 atom stereocenters. The van der Waals surface area contributed by atoms with Crippen LogP contribution in [0.25, 0.3) is 0 Å². The zero-order valence-corrected chi connectivity index (χ0v) is 10.9. The molecule has 94 valence electrons. The van der Waals surface area contributed by atoms with Gasteiger partial charge in [0, 0.05) is 4.90 Å². The van der Waals surface area contributed by atoms with E-state index in [-0.39, 0.29) is 12.0 Å². The summed E-state index contributed by atoms with van der Waals surface area (Å²) >= 11 is 1.42. The lowest BCUT2D eigenvalue weighted by Gasteiger charge is -2.05. The fourth-order valence-electron chi connectivity index (χ4n) is 1.25. The maximum atomic E-state index is 5.29. The number of aromatic nitrogens is 3. The number of ether oxygens (including phenoxy) is 1. The van der Waals surface area contributed by atoms with Crippen molar-refractivity contribution in [3.05, 3.63) is 29.8 Å². The summed E-state index contributed by atoms with van der Waals surface area (Å²) in [5.41, 5.74) is 3.59. The fourth-order valence-corrected chi connectivity index (χ4v) is 1.99. The van der Waals surface area contributed by atoms with Gasteiger partial charge in [-0.3, -0.25) is 5.43 Å². The molecule has 0 fully saturated rings. The predicted molar refractivity (Wildman–Crippen MR) is 69.5 cm³/mol. The molecule has 0 amide bonds. The molecule has 0 aliphatic rings. The van der Waals surface area contributed by atoms with Crippen molar-refractivity contribution in [2.45, 2.75) is 17.0 Å². The number of nitrogens with two attached hydrogens (primary N) is 1. The van der Waals surface area contributed by atoms with Crippen LogP contribution in [-0.4, -0.2) is 22.1 Å². The Labute approximate surface area is 109 Å². The first-order chi connectivity index (χ1) is 8.71. The number of benzene rings is 1. The number of anilines is 1. The van der Waals surface area contributed by atoms with E-state index in [0.29, 0.717) is 5.16 Å². The molecule has 0 unspecified atom stereocenters. The minimum absolute atomic E-state index is 0.229. The average molecular weight is 263 g/mol. The van der Waals surface area contributed by atoms with E-state index < -0.39 is 0 Å². The summed E-state index contributed by atoms with van der Waals surface area (Å²) in [7, 11) is 1.50. The molecule has 2 rings (SSSR count). The van der Waals surface area contributed by atoms with E-state index in [4.69, 9.17) is 10.6 Å². The van der Waals surface area contributed by atoms with Crippen LogP contribution in [0.5, 0.6) is 6.01 Å². The molecule has 0 saturated heterocycles. The van der Waals surface area contributed by atoms with Crippen LogP contribution in [0.3, 0.4) is 0 Å². The standard InChI is InChI=1S/C11H13N5OS/c1-7-3-5-8(6-4-7)18-11-14-9(16-12)13-10(15-11)17-2/h3-6H,12H2,1-2H3,(H,13,14,15,16). The van der Waals surface area contributed by atoms with E-state index in [1.807, 2.05) is 31.2 Å². The minimum atomic E-state index is 0.229. The van der Waals surface area contributed by atoms with Gasteiger partial charge >= 0.3 is 6.01 Å². The zero-order valence-electron chi connectivity index (χ0n) is 10.0. The van der Waals surface area contributed by atoms with Gasteiger partial charge in [-0.15, -0.1) is 0 Å². The third-order valence-electron chi connectivity index (χ3n) is 2.14. The zero-order chi connectivity index (χ0) is 13.0. The van der Waals surface area contributed by atoms with Gasteiger partial charge in [-0.1, -0.05) is 17.7 Å². The lowest BCUT2D eigenvalue weighted by Crippen LogP contribution is -2.12. The maximum absolute atomic E-state index is 5.29. The molecule has 0 radical (unpaired) electrons. The third kappa shape index (κ3) is 3.08. The Morgan fingerprint density at radius 3 is 2.50 bits per heavy atom. The summed E-state index contributed by atoms with van der Waals surface area (Å²) in [5.74, 6) is 5.56. The monoisotopic (exact) mass is 263 g/mol. The molecule has 3 N–H and O–H groups in total. The van der Waals surface area contributed by atoms with Crippen LogP contribution < -0.4 is 16.0 Å². The van der Waals surface area contributed by atoms with Crippen LogP contribution in [0.1, 0.15) is 5.56 Å². The van der Waals surface area contributed by atoms with Gasteiger partial charge in [0.05, 0.1) is 7.11 Å². The van der Waals surface area contributed by atoms with Gasteiger partial charge in [-0.2, -0.15) is 15.0 Å². The number of nitrogens with zero attached hydrogens (tertiary/aromatic N) is 3. The van der Waals surface area contributed by atoms with E-state index in [1.54, 1.807) is 0 Å². The Kier molecular flexibility index (Phi) is 3.96. The lowest BCUT2D eigenvalue weighted by molar-refractivity contribution is 0.373. The first kappa shape index (κ1) is 12.6. The van der Waals surface area contributed by atoms with E-state index in [9.17, 15) is 0 Å². The second-order valence-electron chi connectivity index (χ2n) is 3.49. The van der Waals surface area contributed by atoms with Gasteiger partial charge < -0.3 is 4.74 Å². The first-order valence-corrected chi connectivity index (χ1v) is 6.04. The smallest absolute Gasteiger partial charge is 0.322 e. The summed E-state index contributed by atoms with van der Waals surface area (Å²) < 4.78 is 4.98. The topological polar surface area (TPSA) is 86.0 Å². The van der Waals surface area contributed by atoms with Gasteiger partial charge in [0.25, 0.3) is 0 Å². The maximum Gasteiger partial charge on any atom is 0.322 e. The van der Waals surface area contributed by atoms with Crippen LogP contribution in [0.4, 0.5) is 5.95 Å². The quantitative estimate of drug-likeness (QED) is 0.640. The van der Waals surface area contributed by atoms with Crippen LogP contribution in [-0.2, 0) is 0 Å². The molecule has 0 aliphatic carbocycles. The summed E-state index contributed by atoms with van der Waals surface area (Å²) in [6, 6.07) is 8.30. The largest absolute Gasteiger partial charge is 0.467 e. The molecular weight excluding hydrogens is 250 g/mol. The van der Waals surface area contributed by atoms with E-state index >= 15 is 0 Å². The predicted octanol–water partition coefficient (Wildman–Crippen LogP) is 1.63.